The highest BCUT2D eigenvalue weighted by molar-refractivity contribution is 7.80. The van der Waals surface area contributed by atoms with E-state index in [0.29, 0.717) is 23.2 Å². The number of benzene rings is 2. The third-order valence-electron chi connectivity index (χ3n) is 3.97. The molecule has 3 rings (SSSR count). The van der Waals surface area contributed by atoms with Crippen molar-refractivity contribution in [1.82, 2.24) is 5.32 Å². The summed E-state index contributed by atoms with van der Waals surface area (Å²) in [4.78, 5) is 0.927. The van der Waals surface area contributed by atoms with Gasteiger partial charge in [0.15, 0.2) is 0 Å². The molecule has 1 aliphatic carbocycles. The fourth-order valence-electron chi connectivity index (χ4n) is 2.56. The van der Waals surface area contributed by atoms with E-state index in [1.54, 1.807) is 0 Å². The van der Waals surface area contributed by atoms with E-state index in [0.717, 1.165) is 40.3 Å². The molecule has 0 atom stereocenters. The minimum atomic E-state index is 0.325. The summed E-state index contributed by atoms with van der Waals surface area (Å²) >= 11 is 16.9. The van der Waals surface area contributed by atoms with Crippen molar-refractivity contribution < 1.29 is 4.74 Å². The Bertz CT molecular complexity index is 797. The van der Waals surface area contributed by atoms with Crippen molar-refractivity contribution >= 4 is 35.8 Å². The molecule has 0 unspecified atom stereocenters. The maximum Gasteiger partial charge on any atom is 0.120 e. The van der Waals surface area contributed by atoms with Gasteiger partial charge in [-0.2, -0.15) is 0 Å². The molecule has 0 radical (unpaired) electrons. The second kappa shape index (κ2) is 8.70. The number of ether oxygens (including phenoxy) is 1. The molecular formula is C20H19Cl2NOS. The van der Waals surface area contributed by atoms with Gasteiger partial charge >= 0.3 is 0 Å². The zero-order valence-electron chi connectivity index (χ0n) is 13.6. The first kappa shape index (κ1) is 18.2. The minimum absolute atomic E-state index is 0.325. The number of halogens is 2. The van der Waals surface area contributed by atoms with Crippen molar-refractivity contribution in [3.8, 4) is 5.75 Å². The number of thiol groups is 1. The third kappa shape index (κ3) is 4.97. The average molecular weight is 392 g/mol. The summed E-state index contributed by atoms with van der Waals surface area (Å²) in [7, 11) is 0. The molecular weight excluding hydrogens is 373 g/mol. The summed E-state index contributed by atoms with van der Waals surface area (Å²) in [6, 6.07) is 11.3. The lowest BCUT2D eigenvalue weighted by Crippen LogP contribution is -2.13. The van der Waals surface area contributed by atoms with Gasteiger partial charge in [-0.1, -0.05) is 41.4 Å². The molecule has 130 valence electrons. The van der Waals surface area contributed by atoms with Crippen molar-refractivity contribution in [2.24, 2.45) is 0 Å². The second-order valence-electron chi connectivity index (χ2n) is 5.77. The summed E-state index contributed by atoms with van der Waals surface area (Å²) in [5.41, 5.74) is 3.01. The normalized spacial score (nSPS) is 13.5. The monoisotopic (exact) mass is 391 g/mol. The standard InChI is InChI=1S/C20H19Cl2NOS/c21-18-7-4-8-19(22)17(18)13-24-16-9-10-20(25)14(11-16)12-23-15-5-2-1-3-6-15/h2,4-11,23,25H,1,3,12-13H2. The Kier molecular flexibility index (Phi) is 6.35. The van der Waals surface area contributed by atoms with Crippen LogP contribution in [0.5, 0.6) is 5.75 Å². The molecule has 0 fully saturated rings. The Morgan fingerprint density at radius 1 is 1.08 bits per heavy atom. The van der Waals surface area contributed by atoms with Gasteiger partial charge in [-0.05, 0) is 54.8 Å². The molecule has 1 aliphatic rings. The van der Waals surface area contributed by atoms with Crippen LogP contribution in [0.1, 0.15) is 24.0 Å². The molecule has 2 nitrogen and oxygen atoms in total. The molecule has 0 heterocycles. The van der Waals surface area contributed by atoms with Gasteiger partial charge in [-0.3, -0.25) is 0 Å². The van der Waals surface area contributed by atoms with Crippen LogP contribution in [0.2, 0.25) is 10.0 Å². The number of hydrogen-bond donors (Lipinski definition) is 2. The fourth-order valence-corrected chi connectivity index (χ4v) is 3.29. The largest absolute Gasteiger partial charge is 0.489 e. The van der Waals surface area contributed by atoms with Gasteiger partial charge in [-0.15, -0.1) is 12.6 Å². The van der Waals surface area contributed by atoms with E-state index in [4.69, 9.17) is 27.9 Å². The summed E-state index contributed by atoms with van der Waals surface area (Å²) in [6.07, 6.45) is 8.68. The lowest BCUT2D eigenvalue weighted by Gasteiger charge is -2.14. The molecule has 0 bridgehead atoms. The topological polar surface area (TPSA) is 21.3 Å². The molecule has 0 saturated carbocycles. The molecule has 2 aromatic carbocycles. The van der Waals surface area contributed by atoms with Crippen LogP contribution < -0.4 is 10.1 Å². The van der Waals surface area contributed by atoms with Crippen LogP contribution in [0.25, 0.3) is 0 Å². The molecule has 25 heavy (non-hydrogen) atoms. The van der Waals surface area contributed by atoms with E-state index < -0.39 is 0 Å². The summed E-state index contributed by atoms with van der Waals surface area (Å²) < 4.78 is 5.88. The predicted octanol–water partition coefficient (Wildman–Crippen LogP) is 6.18. The van der Waals surface area contributed by atoms with Crippen molar-refractivity contribution in [1.29, 1.82) is 0 Å². The van der Waals surface area contributed by atoms with Gasteiger partial charge in [0.05, 0.1) is 0 Å². The van der Waals surface area contributed by atoms with Gasteiger partial charge in [0, 0.05) is 32.7 Å². The fraction of sp³-hybridized carbons (Fsp3) is 0.200. The van der Waals surface area contributed by atoms with E-state index >= 15 is 0 Å². The van der Waals surface area contributed by atoms with Crippen LogP contribution in [-0.4, -0.2) is 0 Å². The predicted molar refractivity (Wildman–Crippen MR) is 108 cm³/mol. The molecule has 5 heteroatoms. The Labute approximate surface area is 163 Å². The smallest absolute Gasteiger partial charge is 0.120 e. The van der Waals surface area contributed by atoms with Crippen LogP contribution in [-0.2, 0) is 13.2 Å². The van der Waals surface area contributed by atoms with Gasteiger partial charge in [0.25, 0.3) is 0 Å². The van der Waals surface area contributed by atoms with E-state index in [2.05, 4.69) is 36.2 Å². The number of allylic oxidation sites excluding steroid dienone is 3. The van der Waals surface area contributed by atoms with Crippen LogP contribution in [0.4, 0.5) is 0 Å². The lowest BCUT2D eigenvalue weighted by molar-refractivity contribution is 0.306. The van der Waals surface area contributed by atoms with E-state index in [-0.39, 0.29) is 0 Å². The number of rotatable bonds is 6. The van der Waals surface area contributed by atoms with Gasteiger partial charge in [0.1, 0.15) is 12.4 Å². The van der Waals surface area contributed by atoms with Crippen molar-refractivity contribution in [2.45, 2.75) is 30.9 Å². The van der Waals surface area contributed by atoms with Crippen LogP contribution in [0.3, 0.4) is 0 Å². The Morgan fingerprint density at radius 3 is 2.60 bits per heavy atom. The number of nitrogens with one attached hydrogen (secondary N) is 1. The third-order valence-corrected chi connectivity index (χ3v) is 5.12. The van der Waals surface area contributed by atoms with Crippen molar-refractivity contribution in [3.63, 3.8) is 0 Å². The SMILES string of the molecule is Sc1ccc(OCc2c(Cl)cccc2Cl)cc1CNC1=CCCC=C1. The molecule has 0 aliphatic heterocycles. The van der Waals surface area contributed by atoms with Crippen LogP contribution in [0.15, 0.2) is 65.2 Å². The van der Waals surface area contributed by atoms with Gasteiger partial charge < -0.3 is 10.1 Å². The zero-order chi connectivity index (χ0) is 17.6. The van der Waals surface area contributed by atoms with E-state index in [1.165, 1.54) is 0 Å². The van der Waals surface area contributed by atoms with Gasteiger partial charge in [-0.25, -0.2) is 0 Å². The Morgan fingerprint density at radius 2 is 1.88 bits per heavy atom. The maximum absolute atomic E-state index is 6.19. The maximum atomic E-state index is 6.19. The first-order valence-electron chi connectivity index (χ1n) is 8.11. The first-order chi connectivity index (χ1) is 12.1. The molecule has 0 amide bonds. The summed E-state index contributed by atoms with van der Waals surface area (Å²) in [6.45, 7) is 1.02. The minimum Gasteiger partial charge on any atom is -0.489 e. The average Bonchev–Trinajstić information content (AvgIpc) is 2.62. The lowest BCUT2D eigenvalue weighted by atomic mass is 10.1. The second-order valence-corrected chi connectivity index (χ2v) is 7.07. The molecule has 0 saturated heterocycles. The van der Waals surface area contributed by atoms with Crippen LogP contribution in [0, 0.1) is 0 Å². The van der Waals surface area contributed by atoms with E-state index in [1.807, 2.05) is 36.4 Å². The molecule has 1 N–H and O–H groups in total. The highest BCUT2D eigenvalue weighted by Gasteiger charge is 2.08. The highest BCUT2D eigenvalue weighted by atomic mass is 35.5. The summed E-state index contributed by atoms with van der Waals surface area (Å²) in [5.74, 6) is 0.763. The quantitative estimate of drug-likeness (QED) is 0.573. The van der Waals surface area contributed by atoms with Crippen LogP contribution >= 0.6 is 35.8 Å². The Balaban J connectivity index is 1.66. The van der Waals surface area contributed by atoms with Gasteiger partial charge in [0.2, 0.25) is 0 Å². The molecule has 0 spiro atoms. The Hall–Kier alpha value is -1.55. The highest BCUT2D eigenvalue weighted by Crippen LogP contribution is 2.27. The number of hydrogen-bond acceptors (Lipinski definition) is 3. The van der Waals surface area contributed by atoms with Crippen molar-refractivity contribution in [2.75, 3.05) is 0 Å². The molecule has 0 aromatic heterocycles. The molecule has 2 aromatic rings. The zero-order valence-corrected chi connectivity index (χ0v) is 16.0. The van der Waals surface area contributed by atoms with Crippen molar-refractivity contribution in [3.05, 3.63) is 81.5 Å². The summed E-state index contributed by atoms with van der Waals surface area (Å²) in [5, 5.41) is 4.64. The first-order valence-corrected chi connectivity index (χ1v) is 9.32. The van der Waals surface area contributed by atoms with E-state index in [9.17, 15) is 0 Å².